The Morgan fingerprint density at radius 3 is 2.38 bits per heavy atom. The lowest BCUT2D eigenvalue weighted by Crippen LogP contribution is -2.27. The molecule has 1 heterocycles. The van der Waals surface area contributed by atoms with Crippen LogP contribution >= 0.6 is 0 Å². The van der Waals surface area contributed by atoms with Crippen LogP contribution in [-0.4, -0.2) is 19.9 Å². The van der Waals surface area contributed by atoms with E-state index < -0.39 is 10.0 Å². The zero-order chi connectivity index (χ0) is 18.6. The maximum atomic E-state index is 12.2. The fraction of sp³-hybridized carbons (Fsp3) is 0.250. The maximum absolute atomic E-state index is 12.2. The van der Waals surface area contributed by atoms with E-state index in [9.17, 15) is 8.42 Å². The molecular formula is C20H22N2O3S. The second-order valence-electron chi connectivity index (χ2n) is 6.28. The van der Waals surface area contributed by atoms with E-state index in [0.717, 1.165) is 22.4 Å². The number of rotatable bonds is 7. The molecule has 0 aliphatic heterocycles. The third-order valence-corrected chi connectivity index (χ3v) is 5.43. The summed E-state index contributed by atoms with van der Waals surface area (Å²) in [6, 6.07) is 17.1. The second kappa shape index (κ2) is 7.85. The first kappa shape index (κ1) is 18.4. The van der Waals surface area contributed by atoms with E-state index in [1.54, 1.807) is 0 Å². The van der Waals surface area contributed by atoms with Crippen molar-refractivity contribution in [3.8, 4) is 11.5 Å². The summed E-state index contributed by atoms with van der Waals surface area (Å²) in [4.78, 5) is 4.49. The topological polar surface area (TPSA) is 72.2 Å². The number of nitrogens with one attached hydrogen (secondary N) is 1. The molecule has 0 aliphatic rings. The van der Waals surface area contributed by atoms with Crippen molar-refractivity contribution in [2.24, 2.45) is 0 Å². The van der Waals surface area contributed by atoms with Crippen LogP contribution in [0.15, 0.2) is 59.0 Å². The van der Waals surface area contributed by atoms with Crippen LogP contribution in [0, 0.1) is 13.8 Å². The summed E-state index contributed by atoms with van der Waals surface area (Å²) >= 11 is 0. The monoisotopic (exact) mass is 370 g/mol. The van der Waals surface area contributed by atoms with E-state index >= 15 is 0 Å². The first-order valence-electron chi connectivity index (χ1n) is 8.47. The number of oxazole rings is 1. The standard InChI is InChI=1S/C20H22N2O3S/c1-15-8-10-17(11-9-15)14-26(23,24)21-13-12-19-16(2)25-20(22-19)18-6-4-3-5-7-18/h3-11,21H,12-14H2,1-2H3. The maximum Gasteiger partial charge on any atom is 0.226 e. The number of hydrogen-bond acceptors (Lipinski definition) is 4. The van der Waals surface area contributed by atoms with E-state index in [1.165, 1.54) is 0 Å². The number of benzene rings is 2. The molecule has 5 nitrogen and oxygen atoms in total. The quantitative estimate of drug-likeness (QED) is 0.689. The van der Waals surface area contributed by atoms with Gasteiger partial charge in [0.25, 0.3) is 0 Å². The summed E-state index contributed by atoms with van der Waals surface area (Å²) < 4.78 is 32.8. The number of sulfonamides is 1. The molecule has 3 rings (SSSR count). The summed E-state index contributed by atoms with van der Waals surface area (Å²) in [6.07, 6.45) is 0.481. The molecule has 0 bridgehead atoms. The lowest BCUT2D eigenvalue weighted by Gasteiger charge is -2.06. The van der Waals surface area contributed by atoms with Crippen molar-refractivity contribution in [2.45, 2.75) is 26.0 Å². The van der Waals surface area contributed by atoms with Crippen LogP contribution in [0.4, 0.5) is 0 Å². The van der Waals surface area contributed by atoms with Crippen LogP contribution in [0.3, 0.4) is 0 Å². The van der Waals surface area contributed by atoms with Crippen LogP contribution in [0.1, 0.15) is 22.6 Å². The Morgan fingerprint density at radius 1 is 1.00 bits per heavy atom. The fourth-order valence-corrected chi connectivity index (χ4v) is 3.79. The van der Waals surface area contributed by atoms with Crippen molar-refractivity contribution >= 4 is 10.0 Å². The minimum Gasteiger partial charge on any atom is -0.441 e. The molecule has 0 radical (unpaired) electrons. The van der Waals surface area contributed by atoms with Gasteiger partial charge in [0.15, 0.2) is 0 Å². The summed E-state index contributed by atoms with van der Waals surface area (Å²) in [5.74, 6) is 1.24. The Bertz CT molecular complexity index is 962. The van der Waals surface area contributed by atoms with Crippen molar-refractivity contribution in [2.75, 3.05) is 6.54 Å². The van der Waals surface area contributed by atoms with Gasteiger partial charge in [0.2, 0.25) is 15.9 Å². The third-order valence-electron chi connectivity index (χ3n) is 4.07. The van der Waals surface area contributed by atoms with Crippen molar-refractivity contribution in [1.29, 1.82) is 0 Å². The van der Waals surface area contributed by atoms with Gasteiger partial charge in [-0.25, -0.2) is 18.1 Å². The number of aryl methyl sites for hydroxylation is 2. The Kier molecular flexibility index (Phi) is 5.54. The van der Waals surface area contributed by atoms with Gasteiger partial charge in [-0.15, -0.1) is 0 Å². The highest BCUT2D eigenvalue weighted by molar-refractivity contribution is 7.88. The molecule has 1 N–H and O–H groups in total. The first-order valence-corrected chi connectivity index (χ1v) is 10.1. The largest absolute Gasteiger partial charge is 0.441 e. The molecule has 0 fully saturated rings. The van der Waals surface area contributed by atoms with Gasteiger partial charge in [-0.05, 0) is 31.5 Å². The Balaban J connectivity index is 1.59. The molecule has 0 saturated carbocycles. The van der Waals surface area contributed by atoms with E-state index in [0.29, 0.717) is 18.1 Å². The molecule has 0 saturated heterocycles. The van der Waals surface area contributed by atoms with Gasteiger partial charge in [0, 0.05) is 18.5 Å². The summed E-state index contributed by atoms with van der Waals surface area (Å²) in [6.45, 7) is 4.10. The minimum atomic E-state index is -3.38. The van der Waals surface area contributed by atoms with Crippen LogP contribution in [0.5, 0.6) is 0 Å². The smallest absolute Gasteiger partial charge is 0.226 e. The van der Waals surface area contributed by atoms with E-state index in [4.69, 9.17) is 4.42 Å². The molecule has 0 aliphatic carbocycles. The molecule has 3 aromatic rings. The van der Waals surface area contributed by atoms with Crippen LogP contribution in [0.25, 0.3) is 11.5 Å². The zero-order valence-corrected chi connectivity index (χ0v) is 15.7. The Morgan fingerprint density at radius 2 is 1.69 bits per heavy atom. The van der Waals surface area contributed by atoms with Crippen molar-refractivity contribution < 1.29 is 12.8 Å². The van der Waals surface area contributed by atoms with Gasteiger partial charge < -0.3 is 4.42 Å². The van der Waals surface area contributed by atoms with Gasteiger partial charge in [0.05, 0.1) is 11.4 Å². The highest BCUT2D eigenvalue weighted by Gasteiger charge is 2.14. The average molecular weight is 370 g/mol. The highest BCUT2D eigenvalue weighted by atomic mass is 32.2. The molecule has 6 heteroatoms. The normalized spacial score (nSPS) is 11.6. The second-order valence-corrected chi connectivity index (χ2v) is 8.08. The first-order chi connectivity index (χ1) is 12.4. The van der Waals surface area contributed by atoms with Gasteiger partial charge in [-0.2, -0.15) is 0 Å². The molecule has 26 heavy (non-hydrogen) atoms. The summed E-state index contributed by atoms with van der Waals surface area (Å²) in [5, 5.41) is 0. The van der Waals surface area contributed by atoms with Crippen LogP contribution in [0.2, 0.25) is 0 Å². The molecule has 0 spiro atoms. The minimum absolute atomic E-state index is 0.0274. The Hall–Kier alpha value is -2.44. The summed E-state index contributed by atoms with van der Waals surface area (Å²) in [5.41, 5.74) is 3.55. The van der Waals surface area contributed by atoms with Gasteiger partial charge in [-0.3, -0.25) is 0 Å². The SMILES string of the molecule is Cc1ccc(CS(=O)(=O)NCCc2nc(-c3ccccc3)oc2C)cc1. The van der Waals surface area contributed by atoms with Crippen LogP contribution in [-0.2, 0) is 22.2 Å². The van der Waals surface area contributed by atoms with Crippen molar-refractivity contribution in [1.82, 2.24) is 9.71 Å². The van der Waals surface area contributed by atoms with Crippen molar-refractivity contribution in [3.63, 3.8) is 0 Å². The molecule has 136 valence electrons. The average Bonchev–Trinajstić information content (AvgIpc) is 2.98. The Labute approximate surface area is 154 Å². The molecule has 0 atom stereocenters. The van der Waals surface area contributed by atoms with Gasteiger partial charge >= 0.3 is 0 Å². The van der Waals surface area contributed by atoms with Crippen molar-refractivity contribution in [3.05, 3.63) is 77.2 Å². The van der Waals surface area contributed by atoms with E-state index in [-0.39, 0.29) is 12.3 Å². The number of hydrogen-bond donors (Lipinski definition) is 1. The molecule has 2 aromatic carbocycles. The predicted molar refractivity (Wildman–Crippen MR) is 102 cm³/mol. The molecular weight excluding hydrogens is 348 g/mol. The predicted octanol–water partition coefficient (Wildman–Crippen LogP) is 3.62. The van der Waals surface area contributed by atoms with Gasteiger partial charge in [-0.1, -0.05) is 48.0 Å². The van der Waals surface area contributed by atoms with Crippen LogP contribution < -0.4 is 4.72 Å². The highest BCUT2D eigenvalue weighted by Crippen LogP contribution is 2.21. The lowest BCUT2D eigenvalue weighted by atomic mass is 10.2. The van der Waals surface area contributed by atoms with E-state index in [1.807, 2.05) is 68.4 Å². The van der Waals surface area contributed by atoms with Gasteiger partial charge in [0.1, 0.15) is 5.76 Å². The van der Waals surface area contributed by atoms with E-state index in [2.05, 4.69) is 9.71 Å². The lowest BCUT2D eigenvalue weighted by molar-refractivity contribution is 0.538. The molecule has 0 amide bonds. The summed E-state index contributed by atoms with van der Waals surface area (Å²) in [7, 11) is -3.38. The number of aromatic nitrogens is 1. The molecule has 1 aromatic heterocycles. The third kappa shape index (κ3) is 4.80. The zero-order valence-electron chi connectivity index (χ0n) is 14.9. The fourth-order valence-electron chi connectivity index (χ4n) is 2.64. The molecule has 0 unspecified atom stereocenters. The number of nitrogens with zero attached hydrogens (tertiary/aromatic N) is 1.